The molecule has 1 atom stereocenters. The second-order valence-electron chi connectivity index (χ2n) is 6.44. The highest BCUT2D eigenvalue weighted by atomic mass is 35.5. The fraction of sp³-hybridized carbons (Fsp3) is 0.263. The molecule has 1 aromatic carbocycles. The van der Waals surface area contributed by atoms with Crippen molar-refractivity contribution in [3.63, 3.8) is 0 Å². The minimum Gasteiger partial charge on any atom is -0.467 e. The summed E-state index contributed by atoms with van der Waals surface area (Å²) >= 11 is 6.07. The summed E-state index contributed by atoms with van der Waals surface area (Å²) in [6.07, 6.45) is -1.80. The highest BCUT2D eigenvalue weighted by Crippen LogP contribution is 2.33. The van der Waals surface area contributed by atoms with E-state index < -0.39 is 36.4 Å². The summed E-state index contributed by atoms with van der Waals surface area (Å²) in [4.78, 5) is 30.9. The number of methoxy groups -OCH3 is 1. The molecule has 13 heteroatoms. The molecule has 0 aliphatic carbocycles. The molecule has 3 aromatic rings. The zero-order valence-corrected chi connectivity index (χ0v) is 17.3. The van der Waals surface area contributed by atoms with Crippen LogP contribution in [0.5, 0.6) is 5.88 Å². The molecule has 0 spiro atoms. The highest BCUT2D eigenvalue weighted by molar-refractivity contribution is 6.32. The van der Waals surface area contributed by atoms with Crippen LogP contribution in [0.15, 0.2) is 42.9 Å². The average Bonchev–Trinajstić information content (AvgIpc) is 3.41. The number of hydrogen-bond donors (Lipinski definition) is 2. The standard InChI is InChI=1S/C19H17ClF3N5O4/c1-31-18(30)13(6-11-8-24-10-25-11)26-16(29)9-32-17-7-15(19(21,22)23)27-28(17)14-5-3-2-4-12(14)20/h2-5,7-8,10,13H,6,9H2,1H3,(H,24,25)(H,26,29)/t13-/m1/s1. The first-order valence-corrected chi connectivity index (χ1v) is 9.46. The van der Waals surface area contributed by atoms with Crippen LogP contribution in [0, 0.1) is 0 Å². The molecule has 0 aliphatic rings. The van der Waals surface area contributed by atoms with Gasteiger partial charge in [-0.3, -0.25) is 4.79 Å². The van der Waals surface area contributed by atoms with E-state index in [-0.39, 0.29) is 23.0 Å². The quantitative estimate of drug-likeness (QED) is 0.488. The van der Waals surface area contributed by atoms with E-state index in [1.807, 2.05) is 0 Å². The van der Waals surface area contributed by atoms with Crippen molar-refractivity contribution in [1.29, 1.82) is 0 Å². The van der Waals surface area contributed by atoms with Crippen LogP contribution in [-0.2, 0) is 26.9 Å². The van der Waals surface area contributed by atoms with Crippen molar-refractivity contribution < 1.29 is 32.2 Å². The molecule has 0 aliphatic heterocycles. The Hall–Kier alpha value is -3.54. The van der Waals surface area contributed by atoms with E-state index in [9.17, 15) is 22.8 Å². The fourth-order valence-electron chi connectivity index (χ4n) is 2.73. The van der Waals surface area contributed by atoms with Gasteiger partial charge in [-0.15, -0.1) is 0 Å². The molecule has 170 valence electrons. The molecule has 0 unspecified atom stereocenters. The van der Waals surface area contributed by atoms with Gasteiger partial charge < -0.3 is 19.8 Å². The zero-order valence-electron chi connectivity index (χ0n) is 16.5. The molecule has 2 aromatic heterocycles. The third-order valence-corrected chi connectivity index (χ3v) is 4.52. The maximum absolute atomic E-state index is 13.2. The maximum Gasteiger partial charge on any atom is 0.435 e. The molecular weight excluding hydrogens is 455 g/mol. The highest BCUT2D eigenvalue weighted by Gasteiger charge is 2.36. The van der Waals surface area contributed by atoms with Crippen molar-refractivity contribution in [2.24, 2.45) is 0 Å². The Bertz CT molecular complexity index is 1090. The number of aromatic nitrogens is 4. The number of halogens is 4. The van der Waals surface area contributed by atoms with Crippen molar-refractivity contribution in [3.05, 3.63) is 59.3 Å². The fourth-order valence-corrected chi connectivity index (χ4v) is 2.94. The number of H-pyrrole nitrogens is 1. The summed E-state index contributed by atoms with van der Waals surface area (Å²) in [5.41, 5.74) is -0.528. The van der Waals surface area contributed by atoms with Crippen molar-refractivity contribution in [1.82, 2.24) is 25.1 Å². The number of esters is 1. The van der Waals surface area contributed by atoms with Crippen molar-refractivity contribution in [2.45, 2.75) is 18.6 Å². The first-order chi connectivity index (χ1) is 15.2. The second kappa shape index (κ2) is 9.73. The Balaban J connectivity index is 1.76. The Morgan fingerprint density at radius 2 is 2.06 bits per heavy atom. The van der Waals surface area contributed by atoms with E-state index in [1.54, 1.807) is 12.1 Å². The number of alkyl halides is 3. The number of hydrogen-bond acceptors (Lipinski definition) is 6. The number of nitrogens with one attached hydrogen (secondary N) is 2. The first-order valence-electron chi connectivity index (χ1n) is 9.08. The largest absolute Gasteiger partial charge is 0.467 e. The number of imidazole rings is 1. The summed E-state index contributed by atoms with van der Waals surface area (Å²) in [6, 6.07) is 5.66. The molecular formula is C19H17ClF3N5O4. The molecule has 0 radical (unpaired) electrons. The van der Waals surface area contributed by atoms with Crippen LogP contribution in [-0.4, -0.2) is 51.4 Å². The van der Waals surface area contributed by atoms with Crippen molar-refractivity contribution in [3.8, 4) is 11.6 Å². The third kappa shape index (κ3) is 5.58. The van der Waals surface area contributed by atoms with Crippen LogP contribution in [0.3, 0.4) is 0 Å². The van der Waals surface area contributed by atoms with Crippen LogP contribution in [0.2, 0.25) is 5.02 Å². The summed E-state index contributed by atoms with van der Waals surface area (Å²) in [5.74, 6) is -1.84. The Morgan fingerprint density at radius 1 is 1.31 bits per heavy atom. The number of carbonyl (C=O) groups excluding carboxylic acids is 2. The van der Waals surface area contributed by atoms with Gasteiger partial charge in [-0.2, -0.15) is 23.0 Å². The van der Waals surface area contributed by atoms with Crippen LogP contribution >= 0.6 is 11.6 Å². The van der Waals surface area contributed by atoms with E-state index in [2.05, 4.69) is 25.1 Å². The van der Waals surface area contributed by atoms with Gasteiger partial charge in [0, 0.05) is 24.4 Å². The number of amides is 1. The van der Waals surface area contributed by atoms with Gasteiger partial charge in [0.05, 0.1) is 24.1 Å². The zero-order chi connectivity index (χ0) is 23.3. The lowest BCUT2D eigenvalue weighted by Crippen LogP contribution is -2.45. The van der Waals surface area contributed by atoms with E-state index in [0.717, 1.165) is 11.8 Å². The van der Waals surface area contributed by atoms with Crippen LogP contribution in [0.1, 0.15) is 11.4 Å². The third-order valence-electron chi connectivity index (χ3n) is 4.20. The normalized spacial score (nSPS) is 12.3. The first kappa shape index (κ1) is 23.1. The lowest BCUT2D eigenvalue weighted by Gasteiger charge is -2.16. The number of rotatable bonds is 8. The number of benzene rings is 1. The topological polar surface area (TPSA) is 111 Å². The average molecular weight is 472 g/mol. The van der Waals surface area contributed by atoms with Gasteiger partial charge in [-0.25, -0.2) is 9.78 Å². The van der Waals surface area contributed by atoms with E-state index in [0.29, 0.717) is 11.8 Å². The summed E-state index contributed by atoms with van der Waals surface area (Å²) in [5, 5.41) is 6.06. The molecule has 0 fully saturated rings. The van der Waals surface area contributed by atoms with Crippen molar-refractivity contribution >= 4 is 23.5 Å². The molecule has 2 heterocycles. The van der Waals surface area contributed by atoms with Gasteiger partial charge in [-0.05, 0) is 12.1 Å². The van der Waals surface area contributed by atoms with Crippen LogP contribution in [0.25, 0.3) is 5.69 Å². The van der Waals surface area contributed by atoms with Gasteiger partial charge in [-0.1, -0.05) is 23.7 Å². The minimum absolute atomic E-state index is 0.0637. The summed E-state index contributed by atoms with van der Waals surface area (Å²) in [7, 11) is 1.16. The SMILES string of the molecule is COC(=O)[C@@H](Cc1cnc[nH]1)NC(=O)COc1cc(C(F)(F)F)nn1-c1ccccc1Cl. The predicted octanol–water partition coefficient (Wildman–Crippen LogP) is 2.55. The molecule has 32 heavy (non-hydrogen) atoms. The molecule has 1 amide bonds. The number of carbonyl (C=O) groups is 2. The molecule has 0 saturated carbocycles. The molecule has 3 rings (SSSR count). The predicted molar refractivity (Wildman–Crippen MR) is 105 cm³/mol. The van der Waals surface area contributed by atoms with E-state index in [4.69, 9.17) is 16.3 Å². The number of aromatic amines is 1. The van der Waals surface area contributed by atoms with Crippen LogP contribution in [0.4, 0.5) is 13.2 Å². The molecule has 0 bridgehead atoms. The smallest absolute Gasteiger partial charge is 0.435 e. The molecule has 2 N–H and O–H groups in total. The Labute approximate surface area is 184 Å². The maximum atomic E-state index is 13.2. The van der Waals surface area contributed by atoms with Gasteiger partial charge >= 0.3 is 12.1 Å². The van der Waals surface area contributed by atoms with E-state index in [1.165, 1.54) is 24.7 Å². The van der Waals surface area contributed by atoms with E-state index >= 15 is 0 Å². The lowest BCUT2D eigenvalue weighted by atomic mass is 10.1. The Morgan fingerprint density at radius 3 is 2.69 bits per heavy atom. The number of nitrogens with zero attached hydrogens (tertiary/aromatic N) is 3. The van der Waals surface area contributed by atoms with Gasteiger partial charge in [0.1, 0.15) is 6.04 Å². The summed E-state index contributed by atoms with van der Waals surface area (Å²) in [6.45, 7) is -0.691. The number of ether oxygens (including phenoxy) is 2. The molecule has 9 nitrogen and oxygen atoms in total. The van der Waals surface area contributed by atoms with Gasteiger partial charge in [0.25, 0.3) is 5.91 Å². The van der Waals surface area contributed by atoms with Crippen molar-refractivity contribution in [2.75, 3.05) is 13.7 Å². The lowest BCUT2D eigenvalue weighted by molar-refractivity contribution is -0.145. The minimum atomic E-state index is -4.74. The summed E-state index contributed by atoms with van der Waals surface area (Å²) < 4.78 is 50.3. The molecule has 0 saturated heterocycles. The van der Waals surface area contributed by atoms with Crippen LogP contribution < -0.4 is 10.1 Å². The van der Waals surface area contributed by atoms with Gasteiger partial charge in [0.2, 0.25) is 5.88 Å². The number of para-hydroxylation sites is 1. The Kier molecular flexibility index (Phi) is 7.03. The van der Waals surface area contributed by atoms with Gasteiger partial charge in [0.15, 0.2) is 12.3 Å². The monoisotopic (exact) mass is 471 g/mol. The second-order valence-corrected chi connectivity index (χ2v) is 6.85.